The van der Waals surface area contributed by atoms with Crippen LogP contribution in [0, 0.1) is 29.1 Å². The lowest BCUT2D eigenvalue weighted by molar-refractivity contribution is 0.123. The fourth-order valence-electron chi connectivity index (χ4n) is 3.76. The summed E-state index contributed by atoms with van der Waals surface area (Å²) in [4.78, 5) is 11.7. The van der Waals surface area contributed by atoms with Crippen molar-refractivity contribution in [3.63, 3.8) is 0 Å². The molecule has 3 unspecified atom stereocenters. The predicted octanol–water partition coefficient (Wildman–Crippen LogP) is 2.13. The molecule has 2 aliphatic rings. The van der Waals surface area contributed by atoms with Gasteiger partial charge in [-0.05, 0) is 36.0 Å². The Morgan fingerprint density at radius 2 is 2.18 bits per heavy atom. The standard InChI is InChI=1S/C14H22N2O/c1-5-8-15-12(17)16-11-9-10-6-7-14(11,4)13(10,2)3/h1,10-11H,6-9H2,2-4H3,(H2,15,16,17). The summed E-state index contributed by atoms with van der Waals surface area (Å²) in [5.74, 6) is 3.15. The van der Waals surface area contributed by atoms with Crippen molar-refractivity contribution in [1.29, 1.82) is 0 Å². The second kappa shape index (κ2) is 3.94. The highest BCUT2D eigenvalue weighted by atomic mass is 16.2. The molecule has 2 fully saturated rings. The van der Waals surface area contributed by atoms with Crippen LogP contribution in [0.25, 0.3) is 0 Å². The van der Waals surface area contributed by atoms with Crippen molar-refractivity contribution >= 4 is 6.03 Å². The molecule has 0 aromatic heterocycles. The number of carbonyl (C=O) groups excluding carboxylic acids is 1. The Hall–Kier alpha value is -1.17. The van der Waals surface area contributed by atoms with Crippen LogP contribution in [0.3, 0.4) is 0 Å². The number of rotatable bonds is 2. The molecule has 0 aromatic rings. The third-order valence-corrected chi connectivity index (χ3v) is 5.45. The molecule has 0 heterocycles. The minimum Gasteiger partial charge on any atom is -0.335 e. The SMILES string of the molecule is C#CCNC(=O)NC1CC2CCC1(C)C2(C)C. The first-order valence-corrected chi connectivity index (χ1v) is 6.39. The number of hydrogen-bond acceptors (Lipinski definition) is 1. The molecule has 2 bridgehead atoms. The van der Waals surface area contributed by atoms with E-state index in [1.54, 1.807) is 0 Å². The maximum atomic E-state index is 11.7. The van der Waals surface area contributed by atoms with Crippen LogP contribution in [0.15, 0.2) is 0 Å². The van der Waals surface area contributed by atoms with Gasteiger partial charge in [0.05, 0.1) is 6.54 Å². The summed E-state index contributed by atoms with van der Waals surface area (Å²) in [6, 6.07) is 0.159. The van der Waals surface area contributed by atoms with Crippen LogP contribution in [0.4, 0.5) is 4.79 Å². The highest BCUT2D eigenvalue weighted by molar-refractivity contribution is 5.74. The maximum Gasteiger partial charge on any atom is 0.315 e. The van der Waals surface area contributed by atoms with Crippen LogP contribution in [-0.2, 0) is 0 Å². The summed E-state index contributed by atoms with van der Waals surface area (Å²) in [6.45, 7) is 7.28. The maximum absolute atomic E-state index is 11.7. The summed E-state index contributed by atoms with van der Waals surface area (Å²) < 4.78 is 0. The van der Waals surface area contributed by atoms with Crippen LogP contribution in [-0.4, -0.2) is 18.6 Å². The number of urea groups is 1. The normalized spacial score (nSPS) is 37.5. The molecular formula is C14H22N2O. The van der Waals surface area contributed by atoms with Gasteiger partial charge in [-0.1, -0.05) is 26.7 Å². The van der Waals surface area contributed by atoms with Gasteiger partial charge in [0, 0.05) is 6.04 Å². The van der Waals surface area contributed by atoms with E-state index < -0.39 is 0 Å². The van der Waals surface area contributed by atoms with Crippen molar-refractivity contribution < 1.29 is 4.79 Å². The summed E-state index contributed by atoms with van der Waals surface area (Å²) in [5, 5.41) is 5.77. The van der Waals surface area contributed by atoms with Crippen LogP contribution in [0.2, 0.25) is 0 Å². The molecule has 2 N–H and O–H groups in total. The fourth-order valence-corrected chi connectivity index (χ4v) is 3.76. The molecule has 17 heavy (non-hydrogen) atoms. The van der Waals surface area contributed by atoms with Gasteiger partial charge in [0.25, 0.3) is 0 Å². The van der Waals surface area contributed by atoms with Crippen LogP contribution in [0.1, 0.15) is 40.0 Å². The molecule has 3 heteroatoms. The average molecular weight is 234 g/mol. The molecule has 3 nitrogen and oxygen atoms in total. The highest BCUT2D eigenvalue weighted by Crippen LogP contribution is 2.65. The van der Waals surface area contributed by atoms with Crippen molar-refractivity contribution in [1.82, 2.24) is 10.6 Å². The second-order valence-electron chi connectivity index (χ2n) is 6.19. The smallest absolute Gasteiger partial charge is 0.315 e. The molecule has 0 aliphatic heterocycles. The zero-order valence-corrected chi connectivity index (χ0v) is 11.0. The molecular weight excluding hydrogens is 212 g/mol. The predicted molar refractivity (Wildman–Crippen MR) is 68.4 cm³/mol. The van der Waals surface area contributed by atoms with Gasteiger partial charge < -0.3 is 10.6 Å². The molecule has 2 rings (SSSR count). The molecule has 0 saturated heterocycles. The van der Waals surface area contributed by atoms with Crippen molar-refractivity contribution in [3.8, 4) is 12.3 Å². The van der Waals surface area contributed by atoms with E-state index >= 15 is 0 Å². The van der Waals surface area contributed by atoms with Crippen LogP contribution >= 0.6 is 0 Å². The van der Waals surface area contributed by atoms with E-state index in [1.165, 1.54) is 12.8 Å². The van der Waals surface area contributed by atoms with Gasteiger partial charge in [-0.2, -0.15) is 0 Å². The van der Waals surface area contributed by atoms with Crippen molar-refractivity contribution in [2.75, 3.05) is 6.54 Å². The Balaban J connectivity index is 2.01. The Bertz CT molecular complexity index is 369. The number of amides is 2. The van der Waals surface area contributed by atoms with E-state index in [-0.39, 0.29) is 17.5 Å². The number of fused-ring (bicyclic) bond motifs is 2. The zero-order valence-electron chi connectivity index (χ0n) is 11.0. The Morgan fingerprint density at radius 3 is 2.65 bits per heavy atom. The molecule has 0 aromatic carbocycles. The monoisotopic (exact) mass is 234 g/mol. The average Bonchev–Trinajstić information content (AvgIpc) is 2.59. The summed E-state index contributed by atoms with van der Waals surface area (Å²) in [6.07, 6.45) is 8.74. The number of carbonyl (C=O) groups is 1. The third kappa shape index (κ3) is 1.71. The van der Waals surface area contributed by atoms with Gasteiger partial charge in [0.15, 0.2) is 0 Å². The van der Waals surface area contributed by atoms with E-state index in [2.05, 4.69) is 37.3 Å². The van der Waals surface area contributed by atoms with E-state index in [0.717, 1.165) is 12.3 Å². The lowest BCUT2D eigenvalue weighted by Crippen LogP contribution is -2.50. The van der Waals surface area contributed by atoms with Gasteiger partial charge >= 0.3 is 6.03 Å². The minimum absolute atomic E-state index is 0.127. The Morgan fingerprint density at radius 1 is 1.47 bits per heavy atom. The van der Waals surface area contributed by atoms with Crippen LogP contribution in [0.5, 0.6) is 0 Å². The largest absolute Gasteiger partial charge is 0.335 e. The van der Waals surface area contributed by atoms with Gasteiger partial charge in [0.1, 0.15) is 0 Å². The zero-order chi connectivity index (χ0) is 12.7. The van der Waals surface area contributed by atoms with Gasteiger partial charge in [0.2, 0.25) is 0 Å². The fraction of sp³-hybridized carbons (Fsp3) is 0.786. The van der Waals surface area contributed by atoms with E-state index in [4.69, 9.17) is 6.42 Å². The highest BCUT2D eigenvalue weighted by Gasteiger charge is 2.61. The summed E-state index contributed by atoms with van der Waals surface area (Å²) in [5.41, 5.74) is 0.558. The number of hydrogen-bond donors (Lipinski definition) is 2. The first-order valence-electron chi connectivity index (χ1n) is 6.39. The summed E-state index contributed by atoms with van der Waals surface area (Å²) in [7, 11) is 0. The lowest BCUT2D eigenvalue weighted by Gasteiger charge is -2.39. The van der Waals surface area contributed by atoms with Crippen molar-refractivity contribution in [2.24, 2.45) is 16.7 Å². The van der Waals surface area contributed by atoms with E-state index in [1.807, 2.05) is 0 Å². The topological polar surface area (TPSA) is 41.1 Å². The molecule has 94 valence electrons. The molecule has 2 amide bonds. The molecule has 3 atom stereocenters. The van der Waals surface area contributed by atoms with Crippen LogP contribution < -0.4 is 10.6 Å². The van der Waals surface area contributed by atoms with Gasteiger partial charge in [-0.15, -0.1) is 6.42 Å². The quantitative estimate of drug-likeness (QED) is 0.706. The number of terminal acetylenes is 1. The molecule has 0 spiro atoms. The molecule has 0 radical (unpaired) electrons. The lowest BCUT2D eigenvalue weighted by atomic mass is 9.69. The van der Waals surface area contributed by atoms with E-state index in [9.17, 15) is 4.79 Å². The number of nitrogens with one attached hydrogen (secondary N) is 2. The van der Waals surface area contributed by atoms with Gasteiger partial charge in [-0.25, -0.2) is 4.79 Å². The summed E-state index contributed by atoms with van der Waals surface area (Å²) >= 11 is 0. The van der Waals surface area contributed by atoms with Crippen molar-refractivity contribution in [3.05, 3.63) is 0 Å². The van der Waals surface area contributed by atoms with E-state index in [0.29, 0.717) is 12.0 Å². The molecule has 2 aliphatic carbocycles. The first kappa shape index (κ1) is 12.3. The third-order valence-electron chi connectivity index (χ3n) is 5.45. The molecule has 2 saturated carbocycles. The van der Waals surface area contributed by atoms with Crippen molar-refractivity contribution in [2.45, 2.75) is 46.1 Å². The second-order valence-corrected chi connectivity index (χ2v) is 6.19. The first-order chi connectivity index (χ1) is 7.91. The minimum atomic E-state index is -0.127. The Kier molecular flexibility index (Phi) is 2.85. The Labute approximate surface area is 104 Å². The van der Waals surface area contributed by atoms with Gasteiger partial charge in [-0.3, -0.25) is 0 Å².